The van der Waals surface area contributed by atoms with E-state index in [1.807, 2.05) is 0 Å². The van der Waals surface area contributed by atoms with Crippen LogP contribution in [0.1, 0.15) is 38.3 Å². The van der Waals surface area contributed by atoms with Gasteiger partial charge in [0.1, 0.15) is 12.1 Å². The first-order valence-corrected chi connectivity index (χ1v) is 9.49. The summed E-state index contributed by atoms with van der Waals surface area (Å²) in [6.45, 7) is 5.72. The summed E-state index contributed by atoms with van der Waals surface area (Å²) in [5.74, 6) is 5.08. The monoisotopic (exact) mass is 415 g/mol. The highest BCUT2D eigenvalue weighted by atomic mass is 35.5. The van der Waals surface area contributed by atoms with E-state index in [0.29, 0.717) is 17.7 Å². The summed E-state index contributed by atoms with van der Waals surface area (Å²) < 4.78 is 14.8. The number of rotatable bonds is 5. The maximum atomic E-state index is 14.8. The zero-order chi connectivity index (χ0) is 21.6. The van der Waals surface area contributed by atoms with E-state index in [2.05, 4.69) is 16.8 Å². The first kappa shape index (κ1) is 22.4. The molecule has 2 rings (SSSR count). The SMILES string of the molecule is CCN(C(=O)N(C)c1c(F)cc(C#Cc2cccnc2)cc1Cl)C(C)(C)CC=O. The van der Waals surface area contributed by atoms with Gasteiger partial charge in [-0.2, -0.15) is 0 Å². The highest BCUT2D eigenvalue weighted by molar-refractivity contribution is 6.34. The molecule has 0 radical (unpaired) electrons. The molecule has 152 valence electrons. The Bertz CT molecular complexity index is 929. The third-order valence-electron chi connectivity index (χ3n) is 4.51. The van der Waals surface area contributed by atoms with E-state index >= 15 is 0 Å². The second-order valence-corrected chi connectivity index (χ2v) is 7.46. The Morgan fingerprint density at radius 3 is 2.55 bits per heavy atom. The first-order valence-electron chi connectivity index (χ1n) is 9.11. The molecular formula is C22H23ClFN3O2. The normalized spacial score (nSPS) is 10.7. The van der Waals surface area contributed by atoms with Gasteiger partial charge in [-0.1, -0.05) is 23.4 Å². The molecule has 0 aliphatic heterocycles. The number of halogens is 2. The summed E-state index contributed by atoms with van der Waals surface area (Å²) in [7, 11) is 1.45. The average molecular weight is 416 g/mol. The summed E-state index contributed by atoms with van der Waals surface area (Å²) in [5.41, 5.74) is 0.329. The quantitative estimate of drug-likeness (QED) is 0.533. The standard InChI is InChI=1S/C22H23ClFN3O2/c1-5-27(22(2,3)10-12-28)21(29)26(4)20-18(23)13-17(14-19(20)24)9-8-16-7-6-11-25-15-16/h6-7,11-15H,5,10H2,1-4H3. The zero-order valence-electron chi connectivity index (χ0n) is 16.9. The number of anilines is 1. The Morgan fingerprint density at radius 1 is 1.31 bits per heavy atom. The number of benzene rings is 1. The molecule has 29 heavy (non-hydrogen) atoms. The number of hydrogen-bond donors (Lipinski definition) is 0. The fraction of sp³-hybridized carbons (Fsp3) is 0.318. The van der Waals surface area contributed by atoms with Crippen molar-refractivity contribution in [2.75, 3.05) is 18.5 Å². The lowest BCUT2D eigenvalue weighted by molar-refractivity contribution is -0.109. The molecule has 0 spiro atoms. The molecule has 0 fully saturated rings. The van der Waals surface area contributed by atoms with E-state index in [-0.39, 0.29) is 17.1 Å². The molecule has 1 heterocycles. The molecule has 0 saturated heterocycles. The minimum absolute atomic E-state index is 0.0380. The lowest BCUT2D eigenvalue weighted by atomic mass is 9.99. The number of aldehydes is 1. The predicted molar refractivity (Wildman–Crippen MR) is 113 cm³/mol. The molecule has 2 amide bonds. The fourth-order valence-electron chi connectivity index (χ4n) is 2.95. The molecule has 0 aliphatic rings. The number of amides is 2. The van der Waals surface area contributed by atoms with Crippen molar-refractivity contribution >= 4 is 29.6 Å². The van der Waals surface area contributed by atoms with Crippen LogP contribution in [0.5, 0.6) is 0 Å². The van der Waals surface area contributed by atoms with Crippen LogP contribution in [-0.2, 0) is 4.79 Å². The van der Waals surface area contributed by atoms with E-state index in [0.717, 1.165) is 11.2 Å². The van der Waals surface area contributed by atoms with Crippen LogP contribution >= 0.6 is 11.6 Å². The molecule has 5 nitrogen and oxygen atoms in total. The number of carbonyl (C=O) groups is 2. The molecule has 1 aromatic heterocycles. The molecule has 0 N–H and O–H groups in total. The molecule has 2 aromatic rings. The predicted octanol–water partition coefficient (Wildman–Crippen LogP) is 4.52. The number of urea groups is 1. The summed E-state index contributed by atoms with van der Waals surface area (Å²) in [4.78, 5) is 30.6. The Hall–Kier alpha value is -2.91. The number of hydrogen-bond acceptors (Lipinski definition) is 3. The Morgan fingerprint density at radius 2 is 2.00 bits per heavy atom. The fourth-order valence-corrected chi connectivity index (χ4v) is 3.29. The van der Waals surface area contributed by atoms with Crippen LogP contribution in [0.2, 0.25) is 5.02 Å². The van der Waals surface area contributed by atoms with E-state index in [1.165, 1.54) is 24.1 Å². The molecule has 1 aromatic carbocycles. The molecule has 0 bridgehead atoms. The third kappa shape index (κ3) is 5.33. The van der Waals surface area contributed by atoms with Crippen molar-refractivity contribution in [2.24, 2.45) is 0 Å². The molecular weight excluding hydrogens is 393 g/mol. The van der Waals surface area contributed by atoms with E-state index in [1.54, 1.807) is 45.3 Å². The van der Waals surface area contributed by atoms with Gasteiger partial charge in [0.15, 0.2) is 0 Å². The minimum atomic E-state index is -0.708. The maximum absolute atomic E-state index is 14.8. The van der Waals surface area contributed by atoms with Gasteiger partial charge in [0.25, 0.3) is 0 Å². The number of nitrogens with zero attached hydrogens (tertiary/aromatic N) is 3. The summed E-state index contributed by atoms with van der Waals surface area (Å²) in [5, 5.41) is 0.0700. The Balaban J connectivity index is 2.34. The third-order valence-corrected chi connectivity index (χ3v) is 4.80. The number of carbonyl (C=O) groups excluding carboxylic acids is 2. The van der Waals surface area contributed by atoms with Crippen LogP contribution in [0, 0.1) is 17.7 Å². The molecule has 0 unspecified atom stereocenters. The highest BCUT2D eigenvalue weighted by Gasteiger charge is 2.33. The van der Waals surface area contributed by atoms with Gasteiger partial charge in [0.2, 0.25) is 0 Å². The van der Waals surface area contributed by atoms with Crippen molar-refractivity contribution in [1.82, 2.24) is 9.88 Å². The van der Waals surface area contributed by atoms with Crippen LogP contribution in [0.4, 0.5) is 14.9 Å². The van der Waals surface area contributed by atoms with Crippen LogP contribution in [0.15, 0.2) is 36.7 Å². The van der Waals surface area contributed by atoms with Crippen molar-refractivity contribution < 1.29 is 14.0 Å². The topological polar surface area (TPSA) is 53.5 Å². The van der Waals surface area contributed by atoms with Gasteiger partial charge in [0.05, 0.1) is 10.7 Å². The summed E-state index contributed by atoms with van der Waals surface area (Å²) >= 11 is 6.29. The molecule has 7 heteroatoms. The van der Waals surface area contributed by atoms with Crippen molar-refractivity contribution in [3.8, 4) is 11.8 Å². The van der Waals surface area contributed by atoms with Crippen molar-refractivity contribution in [3.63, 3.8) is 0 Å². The van der Waals surface area contributed by atoms with Gasteiger partial charge < -0.3 is 9.69 Å². The van der Waals surface area contributed by atoms with Crippen LogP contribution < -0.4 is 4.90 Å². The van der Waals surface area contributed by atoms with Crippen LogP contribution in [-0.4, -0.2) is 41.3 Å². The van der Waals surface area contributed by atoms with Gasteiger partial charge in [0, 0.05) is 49.1 Å². The lowest BCUT2D eigenvalue weighted by Gasteiger charge is -2.39. The van der Waals surface area contributed by atoms with Crippen LogP contribution in [0.25, 0.3) is 0 Å². The summed E-state index contributed by atoms with van der Waals surface area (Å²) in [6.07, 6.45) is 4.17. The minimum Gasteiger partial charge on any atom is -0.319 e. The van der Waals surface area contributed by atoms with Gasteiger partial charge in [-0.05, 0) is 45.0 Å². The molecule has 0 saturated carbocycles. The first-order chi connectivity index (χ1) is 13.7. The van der Waals surface area contributed by atoms with Gasteiger partial charge in [-0.15, -0.1) is 0 Å². The van der Waals surface area contributed by atoms with Crippen LogP contribution in [0.3, 0.4) is 0 Å². The number of aromatic nitrogens is 1. The molecule has 0 atom stereocenters. The second kappa shape index (κ2) is 9.53. The van der Waals surface area contributed by atoms with Crippen molar-refractivity contribution in [3.05, 3.63) is 58.6 Å². The largest absolute Gasteiger partial charge is 0.324 e. The van der Waals surface area contributed by atoms with Crippen molar-refractivity contribution in [2.45, 2.75) is 32.7 Å². The summed E-state index contributed by atoms with van der Waals surface area (Å²) in [6, 6.07) is 5.85. The molecule has 0 aliphatic carbocycles. The van der Waals surface area contributed by atoms with E-state index < -0.39 is 17.4 Å². The highest BCUT2D eigenvalue weighted by Crippen LogP contribution is 2.31. The van der Waals surface area contributed by atoms with Crippen molar-refractivity contribution in [1.29, 1.82) is 0 Å². The van der Waals surface area contributed by atoms with Gasteiger partial charge >= 0.3 is 6.03 Å². The van der Waals surface area contributed by atoms with E-state index in [9.17, 15) is 14.0 Å². The van der Waals surface area contributed by atoms with Gasteiger partial charge in [-0.25, -0.2) is 9.18 Å². The van der Waals surface area contributed by atoms with E-state index in [4.69, 9.17) is 11.6 Å². The van der Waals surface area contributed by atoms with Gasteiger partial charge in [-0.3, -0.25) is 9.88 Å². The Kier molecular flexibility index (Phi) is 7.35. The number of pyridine rings is 1. The maximum Gasteiger partial charge on any atom is 0.324 e. The second-order valence-electron chi connectivity index (χ2n) is 7.05. The lowest BCUT2D eigenvalue weighted by Crippen LogP contribution is -2.52. The Labute approximate surface area is 175 Å². The smallest absolute Gasteiger partial charge is 0.319 e. The average Bonchev–Trinajstić information content (AvgIpc) is 2.66. The zero-order valence-corrected chi connectivity index (χ0v) is 17.6.